The maximum atomic E-state index is 6.00. The van der Waals surface area contributed by atoms with E-state index < -0.39 is 0 Å². The second-order valence-electron chi connectivity index (χ2n) is 4.82. The molecule has 2 N–H and O–H groups in total. The zero-order valence-electron chi connectivity index (χ0n) is 12.4. The van der Waals surface area contributed by atoms with Crippen LogP contribution in [0.1, 0.15) is 32.4 Å². The second-order valence-corrected chi connectivity index (χ2v) is 5.89. The number of ether oxygens (including phenoxy) is 1. The summed E-state index contributed by atoms with van der Waals surface area (Å²) in [5.41, 5.74) is 7.98. The number of halogens is 1. The fourth-order valence-electron chi connectivity index (χ4n) is 1.96. The van der Waals surface area contributed by atoms with Crippen molar-refractivity contribution in [2.75, 3.05) is 12.3 Å². The molecule has 0 saturated heterocycles. The SMILES string of the molecule is CCCOc1ccc(-c2nc(N)c(I)c(CCC)n2)cc1. The highest BCUT2D eigenvalue weighted by Gasteiger charge is 2.11. The lowest BCUT2D eigenvalue weighted by atomic mass is 10.2. The first-order valence-corrected chi connectivity index (χ1v) is 8.28. The van der Waals surface area contributed by atoms with Gasteiger partial charge in [-0.2, -0.15) is 0 Å². The topological polar surface area (TPSA) is 61.0 Å². The van der Waals surface area contributed by atoms with Gasteiger partial charge >= 0.3 is 0 Å². The Bertz CT molecular complexity index is 599. The Hall–Kier alpha value is -1.37. The van der Waals surface area contributed by atoms with E-state index in [0.29, 0.717) is 11.6 Å². The number of hydrogen-bond donors (Lipinski definition) is 1. The molecule has 0 fully saturated rings. The van der Waals surface area contributed by atoms with E-state index in [9.17, 15) is 0 Å². The monoisotopic (exact) mass is 397 g/mol. The number of rotatable bonds is 6. The molecule has 0 aliphatic rings. The lowest BCUT2D eigenvalue weighted by Crippen LogP contribution is -2.05. The molecule has 0 aliphatic carbocycles. The molecule has 21 heavy (non-hydrogen) atoms. The minimum atomic E-state index is 0.551. The third-order valence-electron chi connectivity index (χ3n) is 3.02. The number of hydrogen-bond acceptors (Lipinski definition) is 4. The van der Waals surface area contributed by atoms with Gasteiger partial charge < -0.3 is 10.5 Å². The van der Waals surface area contributed by atoms with Gasteiger partial charge in [0, 0.05) is 5.56 Å². The summed E-state index contributed by atoms with van der Waals surface area (Å²) in [4.78, 5) is 9.04. The standard InChI is InChI=1S/C16H20IN3O/c1-3-5-13-14(17)15(18)20-16(19-13)11-6-8-12(9-7-11)21-10-4-2/h6-9H,3-5,10H2,1-2H3,(H2,18,19,20). The minimum Gasteiger partial charge on any atom is -0.494 e. The van der Waals surface area contributed by atoms with Crippen molar-refractivity contribution in [1.82, 2.24) is 9.97 Å². The molecular formula is C16H20IN3O. The van der Waals surface area contributed by atoms with Crippen LogP contribution in [0.5, 0.6) is 5.75 Å². The van der Waals surface area contributed by atoms with Gasteiger partial charge in [-0.05, 0) is 59.7 Å². The quantitative estimate of drug-likeness (QED) is 0.747. The third-order valence-corrected chi connectivity index (χ3v) is 4.19. The van der Waals surface area contributed by atoms with Crippen molar-refractivity contribution in [3.05, 3.63) is 33.5 Å². The second kappa shape index (κ2) is 7.59. The van der Waals surface area contributed by atoms with Crippen LogP contribution in [0.2, 0.25) is 0 Å². The van der Waals surface area contributed by atoms with Crippen LogP contribution in [-0.4, -0.2) is 16.6 Å². The van der Waals surface area contributed by atoms with Gasteiger partial charge in [0.05, 0.1) is 15.9 Å². The maximum absolute atomic E-state index is 6.00. The van der Waals surface area contributed by atoms with E-state index in [0.717, 1.165) is 46.4 Å². The molecule has 0 atom stereocenters. The number of aryl methyl sites for hydroxylation is 1. The van der Waals surface area contributed by atoms with E-state index in [-0.39, 0.29) is 0 Å². The molecule has 5 heteroatoms. The van der Waals surface area contributed by atoms with E-state index in [1.807, 2.05) is 24.3 Å². The molecule has 0 saturated carbocycles. The highest BCUT2D eigenvalue weighted by atomic mass is 127. The van der Waals surface area contributed by atoms with Crippen molar-refractivity contribution >= 4 is 28.4 Å². The van der Waals surface area contributed by atoms with E-state index in [2.05, 4.69) is 46.4 Å². The number of nitrogen functional groups attached to an aromatic ring is 1. The Morgan fingerprint density at radius 2 is 1.81 bits per heavy atom. The summed E-state index contributed by atoms with van der Waals surface area (Å²) in [6.07, 6.45) is 2.95. The molecule has 0 amide bonds. The smallest absolute Gasteiger partial charge is 0.161 e. The highest BCUT2D eigenvalue weighted by Crippen LogP contribution is 2.24. The van der Waals surface area contributed by atoms with Gasteiger partial charge in [-0.1, -0.05) is 20.3 Å². The van der Waals surface area contributed by atoms with Crippen LogP contribution in [0.15, 0.2) is 24.3 Å². The lowest BCUT2D eigenvalue weighted by molar-refractivity contribution is 0.317. The summed E-state index contributed by atoms with van der Waals surface area (Å²) >= 11 is 2.21. The molecule has 0 spiro atoms. The van der Waals surface area contributed by atoms with Gasteiger partial charge in [-0.3, -0.25) is 0 Å². The van der Waals surface area contributed by atoms with Crippen molar-refractivity contribution < 1.29 is 4.74 Å². The molecule has 0 unspecified atom stereocenters. The molecule has 0 radical (unpaired) electrons. The Morgan fingerprint density at radius 3 is 2.43 bits per heavy atom. The lowest BCUT2D eigenvalue weighted by Gasteiger charge is -2.09. The summed E-state index contributed by atoms with van der Waals surface area (Å²) in [5.74, 6) is 2.10. The summed E-state index contributed by atoms with van der Waals surface area (Å²) < 4.78 is 6.54. The first-order valence-electron chi connectivity index (χ1n) is 7.20. The Balaban J connectivity index is 2.28. The predicted octanol–water partition coefficient (Wildman–Crippen LogP) is 4.07. The van der Waals surface area contributed by atoms with Crippen molar-refractivity contribution in [3.8, 4) is 17.1 Å². The van der Waals surface area contributed by atoms with Crippen molar-refractivity contribution in [3.63, 3.8) is 0 Å². The summed E-state index contributed by atoms with van der Waals surface area (Å²) in [6.45, 7) is 4.95. The van der Waals surface area contributed by atoms with Crippen LogP contribution in [0, 0.1) is 3.57 Å². The molecule has 0 bridgehead atoms. The van der Waals surface area contributed by atoms with E-state index in [4.69, 9.17) is 10.5 Å². The van der Waals surface area contributed by atoms with Crippen LogP contribution in [0.4, 0.5) is 5.82 Å². The largest absolute Gasteiger partial charge is 0.494 e. The minimum absolute atomic E-state index is 0.551. The molecule has 2 rings (SSSR count). The zero-order chi connectivity index (χ0) is 15.2. The highest BCUT2D eigenvalue weighted by molar-refractivity contribution is 14.1. The first-order chi connectivity index (χ1) is 10.2. The number of nitrogens with zero attached hydrogens (tertiary/aromatic N) is 2. The number of aromatic nitrogens is 2. The Morgan fingerprint density at radius 1 is 1.10 bits per heavy atom. The van der Waals surface area contributed by atoms with Crippen LogP contribution < -0.4 is 10.5 Å². The van der Waals surface area contributed by atoms with Crippen molar-refractivity contribution in [2.24, 2.45) is 0 Å². The average molecular weight is 397 g/mol. The predicted molar refractivity (Wildman–Crippen MR) is 94.4 cm³/mol. The fraction of sp³-hybridized carbons (Fsp3) is 0.375. The normalized spacial score (nSPS) is 10.6. The van der Waals surface area contributed by atoms with Gasteiger partial charge in [0.1, 0.15) is 11.6 Å². The molecule has 0 aliphatic heterocycles. The molecule has 4 nitrogen and oxygen atoms in total. The zero-order valence-corrected chi connectivity index (χ0v) is 14.6. The van der Waals surface area contributed by atoms with Gasteiger partial charge in [0.15, 0.2) is 5.82 Å². The Kier molecular flexibility index (Phi) is 5.78. The molecular weight excluding hydrogens is 377 g/mol. The molecule has 2 aromatic rings. The summed E-state index contributed by atoms with van der Waals surface area (Å²) in [7, 11) is 0. The van der Waals surface area contributed by atoms with E-state index in [1.54, 1.807) is 0 Å². The van der Waals surface area contributed by atoms with Crippen LogP contribution >= 0.6 is 22.6 Å². The number of benzene rings is 1. The van der Waals surface area contributed by atoms with E-state index in [1.165, 1.54) is 0 Å². The first kappa shape index (κ1) is 16.0. The van der Waals surface area contributed by atoms with Gasteiger partial charge in [-0.25, -0.2) is 9.97 Å². The molecule has 1 heterocycles. The van der Waals surface area contributed by atoms with Crippen LogP contribution in [0.3, 0.4) is 0 Å². The van der Waals surface area contributed by atoms with Gasteiger partial charge in [0.25, 0.3) is 0 Å². The third kappa shape index (κ3) is 4.06. The van der Waals surface area contributed by atoms with E-state index >= 15 is 0 Å². The van der Waals surface area contributed by atoms with Crippen molar-refractivity contribution in [2.45, 2.75) is 33.1 Å². The molecule has 1 aromatic heterocycles. The summed E-state index contributed by atoms with van der Waals surface area (Å²) in [6, 6.07) is 7.84. The van der Waals surface area contributed by atoms with Crippen LogP contribution in [-0.2, 0) is 6.42 Å². The molecule has 112 valence electrons. The molecule has 1 aromatic carbocycles. The number of anilines is 1. The van der Waals surface area contributed by atoms with Gasteiger partial charge in [0.2, 0.25) is 0 Å². The van der Waals surface area contributed by atoms with Gasteiger partial charge in [-0.15, -0.1) is 0 Å². The fourth-order valence-corrected chi connectivity index (χ4v) is 2.48. The average Bonchev–Trinajstić information content (AvgIpc) is 2.50. The van der Waals surface area contributed by atoms with Crippen molar-refractivity contribution in [1.29, 1.82) is 0 Å². The Labute approximate surface area is 139 Å². The maximum Gasteiger partial charge on any atom is 0.161 e. The number of nitrogens with two attached hydrogens (primary N) is 1. The van der Waals surface area contributed by atoms with Crippen LogP contribution in [0.25, 0.3) is 11.4 Å². The summed E-state index contributed by atoms with van der Waals surface area (Å²) in [5, 5.41) is 0.